The van der Waals surface area contributed by atoms with Gasteiger partial charge in [0.2, 0.25) is 0 Å². The zero-order valence-electron chi connectivity index (χ0n) is 9.45. The number of rotatable bonds is 6. The molecule has 0 heterocycles. The van der Waals surface area contributed by atoms with E-state index in [1.165, 1.54) is 11.1 Å². The van der Waals surface area contributed by atoms with E-state index in [-0.39, 0.29) is 0 Å². The standard InChI is InChI=1S/C13H21N2/c1-2-11(9-14)3-4-12-5-7-13(10-15)8-6-12/h4-8,11H,2-3,9-10,14-15H2,1H3. The lowest BCUT2D eigenvalue weighted by Crippen LogP contribution is -2.13. The molecule has 1 aromatic carbocycles. The van der Waals surface area contributed by atoms with Gasteiger partial charge in [-0.15, -0.1) is 0 Å². The van der Waals surface area contributed by atoms with Crippen LogP contribution in [0.3, 0.4) is 0 Å². The minimum atomic E-state index is 0.610. The molecule has 2 nitrogen and oxygen atoms in total. The van der Waals surface area contributed by atoms with Gasteiger partial charge in [0, 0.05) is 6.54 Å². The smallest absolute Gasteiger partial charge is 0.0178 e. The molecular formula is C13H21N2. The van der Waals surface area contributed by atoms with E-state index in [4.69, 9.17) is 11.5 Å². The summed E-state index contributed by atoms with van der Waals surface area (Å²) in [6.45, 7) is 3.57. The quantitative estimate of drug-likeness (QED) is 0.747. The molecule has 0 aliphatic rings. The van der Waals surface area contributed by atoms with Crippen LogP contribution in [0, 0.1) is 12.3 Å². The second-order valence-corrected chi connectivity index (χ2v) is 3.90. The second-order valence-electron chi connectivity index (χ2n) is 3.90. The van der Waals surface area contributed by atoms with Crippen molar-refractivity contribution in [1.29, 1.82) is 0 Å². The van der Waals surface area contributed by atoms with Gasteiger partial charge < -0.3 is 11.5 Å². The molecule has 0 saturated carbocycles. The molecule has 1 rings (SSSR count). The zero-order chi connectivity index (χ0) is 11.1. The Morgan fingerprint density at radius 3 is 2.33 bits per heavy atom. The minimum Gasteiger partial charge on any atom is -0.330 e. The fraction of sp³-hybridized carbons (Fsp3) is 0.462. The summed E-state index contributed by atoms with van der Waals surface area (Å²) in [5.74, 6) is 0.610. The molecule has 0 fully saturated rings. The van der Waals surface area contributed by atoms with Crippen LogP contribution in [0.15, 0.2) is 24.3 Å². The molecule has 0 aliphatic carbocycles. The molecule has 4 N–H and O–H groups in total. The van der Waals surface area contributed by atoms with Gasteiger partial charge in [-0.05, 0) is 36.4 Å². The molecule has 15 heavy (non-hydrogen) atoms. The zero-order valence-corrected chi connectivity index (χ0v) is 9.45. The summed E-state index contributed by atoms with van der Waals surface area (Å²) in [4.78, 5) is 0. The van der Waals surface area contributed by atoms with Gasteiger partial charge in [0.15, 0.2) is 0 Å². The Bertz CT molecular complexity index is 262. The highest BCUT2D eigenvalue weighted by Crippen LogP contribution is 2.14. The van der Waals surface area contributed by atoms with Gasteiger partial charge in [0.25, 0.3) is 0 Å². The molecular weight excluding hydrogens is 184 g/mol. The van der Waals surface area contributed by atoms with E-state index in [0.29, 0.717) is 12.5 Å². The summed E-state index contributed by atoms with van der Waals surface area (Å²) >= 11 is 0. The van der Waals surface area contributed by atoms with Crippen molar-refractivity contribution in [2.24, 2.45) is 17.4 Å². The summed E-state index contributed by atoms with van der Waals surface area (Å²) in [6.07, 6.45) is 4.46. The summed E-state index contributed by atoms with van der Waals surface area (Å²) in [6, 6.07) is 8.39. The topological polar surface area (TPSA) is 52.0 Å². The van der Waals surface area contributed by atoms with Crippen molar-refractivity contribution in [3.05, 3.63) is 41.8 Å². The lowest BCUT2D eigenvalue weighted by atomic mass is 9.97. The van der Waals surface area contributed by atoms with Crippen LogP contribution in [-0.4, -0.2) is 6.54 Å². The van der Waals surface area contributed by atoms with E-state index in [2.05, 4.69) is 37.6 Å². The molecule has 0 aromatic heterocycles. The molecule has 1 atom stereocenters. The van der Waals surface area contributed by atoms with Crippen LogP contribution in [0.4, 0.5) is 0 Å². The lowest BCUT2D eigenvalue weighted by molar-refractivity contribution is 0.517. The van der Waals surface area contributed by atoms with Gasteiger partial charge in [0.1, 0.15) is 0 Å². The minimum absolute atomic E-state index is 0.610. The predicted molar refractivity (Wildman–Crippen MR) is 65.2 cm³/mol. The second kappa shape index (κ2) is 6.59. The van der Waals surface area contributed by atoms with E-state index >= 15 is 0 Å². The normalized spacial score (nSPS) is 12.7. The maximum absolute atomic E-state index is 5.66. The summed E-state index contributed by atoms with van der Waals surface area (Å²) in [5, 5.41) is 0. The molecule has 83 valence electrons. The molecule has 0 bridgehead atoms. The predicted octanol–water partition coefficient (Wildman–Crippen LogP) is 2.07. The Labute approximate surface area is 92.7 Å². The Balaban J connectivity index is 2.43. The molecule has 2 heteroatoms. The molecule has 1 radical (unpaired) electrons. The molecule has 0 aliphatic heterocycles. The van der Waals surface area contributed by atoms with Gasteiger partial charge in [-0.2, -0.15) is 0 Å². The Kier molecular flexibility index (Phi) is 5.37. The number of hydrogen-bond acceptors (Lipinski definition) is 2. The third-order valence-corrected chi connectivity index (χ3v) is 2.81. The first-order valence-electron chi connectivity index (χ1n) is 5.62. The van der Waals surface area contributed by atoms with Crippen LogP contribution in [0.1, 0.15) is 30.9 Å². The van der Waals surface area contributed by atoms with Crippen molar-refractivity contribution in [2.45, 2.75) is 26.3 Å². The maximum atomic E-state index is 5.66. The van der Waals surface area contributed by atoms with Gasteiger partial charge in [-0.1, -0.05) is 37.6 Å². The molecule has 1 aromatic rings. The van der Waals surface area contributed by atoms with E-state index in [9.17, 15) is 0 Å². The van der Waals surface area contributed by atoms with E-state index < -0.39 is 0 Å². The monoisotopic (exact) mass is 205 g/mol. The summed E-state index contributed by atoms with van der Waals surface area (Å²) < 4.78 is 0. The van der Waals surface area contributed by atoms with Crippen LogP contribution < -0.4 is 11.5 Å². The highest BCUT2D eigenvalue weighted by molar-refractivity contribution is 5.27. The Hall–Kier alpha value is -0.860. The van der Waals surface area contributed by atoms with Crippen LogP contribution in [-0.2, 0) is 6.54 Å². The van der Waals surface area contributed by atoms with Crippen molar-refractivity contribution in [1.82, 2.24) is 0 Å². The SMILES string of the molecule is CCC(CN)C[CH]c1ccc(CN)cc1. The van der Waals surface area contributed by atoms with Crippen LogP contribution in [0.5, 0.6) is 0 Å². The first kappa shape index (κ1) is 12.2. The van der Waals surface area contributed by atoms with Crippen LogP contribution in [0.2, 0.25) is 0 Å². The highest BCUT2D eigenvalue weighted by atomic mass is 14.5. The molecule has 0 amide bonds. The number of nitrogens with two attached hydrogens (primary N) is 2. The van der Waals surface area contributed by atoms with E-state index in [0.717, 1.165) is 19.4 Å². The summed E-state index contributed by atoms with van der Waals surface area (Å²) in [7, 11) is 0. The van der Waals surface area contributed by atoms with Gasteiger partial charge in [0.05, 0.1) is 0 Å². The van der Waals surface area contributed by atoms with E-state index in [1.807, 2.05) is 0 Å². The van der Waals surface area contributed by atoms with Crippen molar-refractivity contribution in [3.63, 3.8) is 0 Å². The third-order valence-electron chi connectivity index (χ3n) is 2.81. The third kappa shape index (κ3) is 4.02. The molecule has 0 saturated heterocycles. The fourth-order valence-electron chi connectivity index (χ4n) is 1.52. The summed E-state index contributed by atoms with van der Waals surface area (Å²) in [5.41, 5.74) is 13.6. The van der Waals surface area contributed by atoms with Crippen molar-refractivity contribution in [2.75, 3.05) is 6.54 Å². The van der Waals surface area contributed by atoms with Gasteiger partial charge >= 0.3 is 0 Å². The van der Waals surface area contributed by atoms with Crippen LogP contribution >= 0.6 is 0 Å². The highest BCUT2D eigenvalue weighted by Gasteiger charge is 2.04. The average Bonchev–Trinajstić information content (AvgIpc) is 2.31. The van der Waals surface area contributed by atoms with E-state index in [1.54, 1.807) is 0 Å². The van der Waals surface area contributed by atoms with Crippen molar-refractivity contribution >= 4 is 0 Å². The Morgan fingerprint density at radius 1 is 1.20 bits per heavy atom. The fourth-order valence-corrected chi connectivity index (χ4v) is 1.52. The van der Waals surface area contributed by atoms with Crippen LogP contribution in [0.25, 0.3) is 0 Å². The lowest BCUT2D eigenvalue weighted by Gasteiger charge is -2.11. The van der Waals surface area contributed by atoms with Crippen molar-refractivity contribution in [3.8, 4) is 0 Å². The first-order valence-corrected chi connectivity index (χ1v) is 5.62. The molecule has 1 unspecified atom stereocenters. The van der Waals surface area contributed by atoms with Crippen molar-refractivity contribution < 1.29 is 0 Å². The number of hydrogen-bond donors (Lipinski definition) is 2. The Morgan fingerprint density at radius 2 is 1.87 bits per heavy atom. The maximum Gasteiger partial charge on any atom is 0.0178 e. The number of benzene rings is 1. The largest absolute Gasteiger partial charge is 0.330 e. The first-order chi connectivity index (χ1) is 7.30. The van der Waals surface area contributed by atoms with Gasteiger partial charge in [-0.25, -0.2) is 0 Å². The van der Waals surface area contributed by atoms with Gasteiger partial charge in [-0.3, -0.25) is 0 Å². The average molecular weight is 205 g/mol. The molecule has 0 spiro atoms.